The van der Waals surface area contributed by atoms with Crippen LogP contribution < -0.4 is 12.4 Å². The Bertz CT molecular complexity index is 255. The van der Waals surface area contributed by atoms with E-state index < -0.39 is 0 Å². The van der Waals surface area contributed by atoms with Gasteiger partial charge >= 0.3 is 0 Å². The topological polar surface area (TPSA) is 20.2 Å². The number of quaternary nitrogens is 1. The molecular formula is C14H26ClNO. The van der Waals surface area contributed by atoms with Gasteiger partial charge in [0, 0.05) is 19.3 Å². The summed E-state index contributed by atoms with van der Waals surface area (Å²) in [5.74, 6) is 3.05. The summed E-state index contributed by atoms with van der Waals surface area (Å²) in [6.45, 7) is 1.28. The molecule has 4 rings (SSSR count). The maximum atomic E-state index is 9.29. The van der Waals surface area contributed by atoms with Crippen LogP contribution in [0.25, 0.3) is 0 Å². The lowest BCUT2D eigenvalue weighted by Gasteiger charge is -2.62. The minimum absolute atomic E-state index is 0. The van der Waals surface area contributed by atoms with Crippen molar-refractivity contribution in [3.63, 3.8) is 0 Å². The van der Waals surface area contributed by atoms with Gasteiger partial charge in [0.25, 0.3) is 0 Å². The van der Waals surface area contributed by atoms with E-state index in [1.165, 1.54) is 38.5 Å². The third-order valence-corrected chi connectivity index (χ3v) is 5.95. The first-order valence-electron chi connectivity index (χ1n) is 6.99. The molecule has 0 aromatic heterocycles. The van der Waals surface area contributed by atoms with Crippen LogP contribution in [0.4, 0.5) is 0 Å². The van der Waals surface area contributed by atoms with Crippen molar-refractivity contribution in [1.29, 1.82) is 0 Å². The van der Waals surface area contributed by atoms with Crippen LogP contribution in [-0.2, 0) is 0 Å². The predicted molar refractivity (Wildman–Crippen MR) is 65.0 cm³/mol. The highest BCUT2D eigenvalue weighted by Crippen LogP contribution is 2.58. The largest absolute Gasteiger partial charge is 1.00 e. The fraction of sp³-hybridized carbons (Fsp3) is 1.00. The summed E-state index contributed by atoms with van der Waals surface area (Å²) in [5, 5.41) is 9.29. The van der Waals surface area contributed by atoms with Crippen molar-refractivity contribution in [2.45, 2.75) is 44.1 Å². The van der Waals surface area contributed by atoms with Gasteiger partial charge in [-0.1, -0.05) is 0 Å². The second-order valence-corrected chi connectivity index (χ2v) is 7.27. The van der Waals surface area contributed by atoms with E-state index in [0.29, 0.717) is 12.1 Å². The Labute approximate surface area is 111 Å². The minimum Gasteiger partial charge on any atom is -1.00 e. The Kier molecular flexibility index (Phi) is 3.53. The number of rotatable bonds is 3. The van der Waals surface area contributed by atoms with Crippen LogP contribution in [0.2, 0.25) is 0 Å². The van der Waals surface area contributed by atoms with Crippen molar-refractivity contribution in [2.24, 2.45) is 17.8 Å². The SMILES string of the molecule is C[N+](C)(CCO)C12CC3CC(CC(C3)C1)C2.[Cl-]. The van der Waals surface area contributed by atoms with Gasteiger partial charge in [0.05, 0.1) is 26.2 Å². The highest BCUT2D eigenvalue weighted by atomic mass is 35.5. The molecular weight excluding hydrogens is 234 g/mol. The van der Waals surface area contributed by atoms with Crippen LogP contribution in [0.15, 0.2) is 0 Å². The first-order chi connectivity index (χ1) is 7.55. The molecule has 4 bridgehead atoms. The Balaban J connectivity index is 0.00000108. The number of aliphatic hydroxyl groups excluding tert-OH is 1. The van der Waals surface area contributed by atoms with Gasteiger partial charge in [-0.05, 0) is 37.0 Å². The molecule has 0 unspecified atom stereocenters. The zero-order valence-electron chi connectivity index (χ0n) is 11.2. The molecule has 4 fully saturated rings. The molecule has 4 saturated carbocycles. The van der Waals surface area contributed by atoms with E-state index >= 15 is 0 Å². The molecule has 0 radical (unpaired) electrons. The zero-order valence-corrected chi connectivity index (χ0v) is 11.9. The van der Waals surface area contributed by atoms with E-state index in [1.54, 1.807) is 0 Å². The van der Waals surface area contributed by atoms with Crippen LogP contribution in [0.3, 0.4) is 0 Å². The number of hydrogen-bond acceptors (Lipinski definition) is 1. The molecule has 0 aromatic carbocycles. The second kappa shape index (κ2) is 4.40. The maximum Gasteiger partial charge on any atom is 0.102 e. The number of aliphatic hydroxyl groups is 1. The number of halogens is 1. The molecule has 0 atom stereocenters. The van der Waals surface area contributed by atoms with E-state index in [9.17, 15) is 5.11 Å². The van der Waals surface area contributed by atoms with Crippen LogP contribution in [0.1, 0.15) is 38.5 Å². The summed E-state index contributed by atoms with van der Waals surface area (Å²) >= 11 is 0. The molecule has 4 aliphatic rings. The van der Waals surface area contributed by atoms with E-state index in [2.05, 4.69) is 14.1 Å². The van der Waals surface area contributed by atoms with E-state index in [0.717, 1.165) is 28.8 Å². The van der Waals surface area contributed by atoms with Gasteiger partial charge in [-0.15, -0.1) is 0 Å². The highest BCUT2D eigenvalue weighted by molar-refractivity contribution is 5.03. The van der Waals surface area contributed by atoms with E-state index in [4.69, 9.17) is 0 Å². The Morgan fingerprint density at radius 2 is 1.41 bits per heavy atom. The molecule has 2 nitrogen and oxygen atoms in total. The molecule has 4 aliphatic carbocycles. The molecule has 17 heavy (non-hydrogen) atoms. The molecule has 0 spiro atoms. The summed E-state index contributed by atoms with van der Waals surface area (Å²) < 4.78 is 1.06. The Morgan fingerprint density at radius 3 is 1.76 bits per heavy atom. The van der Waals surface area contributed by atoms with Crippen molar-refractivity contribution in [2.75, 3.05) is 27.2 Å². The average molecular weight is 260 g/mol. The third kappa shape index (κ3) is 2.02. The number of hydrogen-bond donors (Lipinski definition) is 1. The van der Waals surface area contributed by atoms with E-state index in [-0.39, 0.29) is 12.4 Å². The molecule has 100 valence electrons. The minimum atomic E-state index is 0. The summed E-state index contributed by atoms with van der Waals surface area (Å²) in [7, 11) is 4.70. The fourth-order valence-corrected chi connectivity index (χ4v) is 5.29. The van der Waals surface area contributed by atoms with Crippen LogP contribution >= 0.6 is 0 Å². The van der Waals surface area contributed by atoms with Crippen LogP contribution in [0, 0.1) is 17.8 Å². The number of likely N-dealkylation sites (N-methyl/N-ethyl adjacent to an activating group) is 1. The van der Waals surface area contributed by atoms with Gasteiger partial charge < -0.3 is 22.0 Å². The lowest BCUT2D eigenvalue weighted by molar-refractivity contribution is -0.948. The summed E-state index contributed by atoms with van der Waals surface area (Å²) in [6.07, 6.45) is 8.85. The first-order valence-corrected chi connectivity index (χ1v) is 6.99. The number of nitrogens with zero attached hydrogens (tertiary/aromatic N) is 1. The lowest BCUT2D eigenvalue weighted by Crippen LogP contribution is -3.00. The monoisotopic (exact) mass is 259 g/mol. The maximum absolute atomic E-state index is 9.29. The Morgan fingerprint density at radius 1 is 1.00 bits per heavy atom. The van der Waals surface area contributed by atoms with Crippen molar-refractivity contribution in [1.82, 2.24) is 0 Å². The van der Waals surface area contributed by atoms with Crippen molar-refractivity contribution in [3.8, 4) is 0 Å². The molecule has 0 aliphatic heterocycles. The van der Waals surface area contributed by atoms with Crippen LogP contribution in [-0.4, -0.2) is 42.4 Å². The van der Waals surface area contributed by atoms with Gasteiger partial charge in [0.2, 0.25) is 0 Å². The quantitative estimate of drug-likeness (QED) is 0.647. The molecule has 1 N–H and O–H groups in total. The van der Waals surface area contributed by atoms with Gasteiger partial charge in [-0.3, -0.25) is 0 Å². The standard InChI is InChI=1S/C14H26NO.ClH/c1-15(2,3-4-16)14-8-11-5-12(9-14)7-13(6-11)10-14;/h11-13,16H,3-10H2,1-2H3;1H/q+1;/p-1. The van der Waals surface area contributed by atoms with Crippen molar-refractivity contribution >= 4 is 0 Å². The molecule has 0 aromatic rings. The van der Waals surface area contributed by atoms with E-state index in [1.807, 2.05) is 0 Å². The first kappa shape index (κ1) is 13.6. The predicted octanol–water partition coefficient (Wildman–Crippen LogP) is -0.972. The summed E-state index contributed by atoms with van der Waals surface area (Å²) in [6, 6.07) is 0. The smallest absolute Gasteiger partial charge is 0.102 e. The molecule has 0 amide bonds. The molecule has 0 heterocycles. The second-order valence-electron chi connectivity index (χ2n) is 7.27. The average Bonchev–Trinajstić information content (AvgIpc) is 2.14. The van der Waals surface area contributed by atoms with Gasteiger partial charge in [0.1, 0.15) is 6.54 Å². The highest BCUT2D eigenvalue weighted by Gasteiger charge is 2.58. The summed E-state index contributed by atoms with van der Waals surface area (Å²) in [5.41, 5.74) is 0.525. The normalized spacial score (nSPS) is 43.6. The fourth-order valence-electron chi connectivity index (χ4n) is 5.29. The summed E-state index contributed by atoms with van der Waals surface area (Å²) in [4.78, 5) is 0. The third-order valence-electron chi connectivity index (χ3n) is 5.95. The van der Waals surface area contributed by atoms with Gasteiger partial charge in [0.15, 0.2) is 0 Å². The lowest BCUT2D eigenvalue weighted by atomic mass is 9.52. The Hall–Kier alpha value is 0.210. The van der Waals surface area contributed by atoms with Gasteiger partial charge in [-0.2, -0.15) is 0 Å². The van der Waals surface area contributed by atoms with Gasteiger partial charge in [-0.25, -0.2) is 0 Å². The molecule has 0 saturated heterocycles. The zero-order chi connectivity index (χ0) is 11.4. The molecule has 3 heteroatoms. The van der Waals surface area contributed by atoms with Crippen LogP contribution in [0.5, 0.6) is 0 Å². The van der Waals surface area contributed by atoms with Crippen molar-refractivity contribution in [3.05, 3.63) is 0 Å². The van der Waals surface area contributed by atoms with Crippen molar-refractivity contribution < 1.29 is 22.0 Å².